The number of Topliss-reactive ketones (excluding diaryl/α,β-unsaturated/α-hetero) is 1. The molecule has 2 N–H and O–H groups in total. The number of ether oxygens (including phenoxy) is 3. The highest BCUT2D eigenvalue weighted by atomic mass is 32.1. The van der Waals surface area contributed by atoms with Crippen molar-refractivity contribution in [3.05, 3.63) is 21.7 Å². The minimum absolute atomic E-state index is 0.133. The summed E-state index contributed by atoms with van der Waals surface area (Å²) in [6.07, 6.45) is 1.05. The van der Waals surface area contributed by atoms with Crippen molar-refractivity contribution in [1.82, 2.24) is 4.98 Å². The smallest absolute Gasteiger partial charge is 0.383 e. The van der Waals surface area contributed by atoms with Crippen molar-refractivity contribution in [2.75, 3.05) is 7.11 Å². The number of fused-ring (bicyclic) bond motifs is 1. The SMILES string of the molecule is COC1=NC2CCC[C@H](C)[C@H](O)[C@@H](C)C(=O)C(C)(C)[C@@H](O)CC(=O)O[C@H](/C(C)=C/c3csc(C)n3)C[C@@H]2O1. The first-order valence-corrected chi connectivity index (χ1v) is 14.2. The van der Waals surface area contributed by atoms with E-state index in [0.717, 1.165) is 22.7 Å². The number of aliphatic hydroxyl groups is 2. The molecule has 0 bridgehead atoms. The highest BCUT2D eigenvalue weighted by Crippen LogP contribution is 2.34. The number of nitrogens with zero attached hydrogens (tertiary/aromatic N) is 2. The van der Waals surface area contributed by atoms with Gasteiger partial charge < -0.3 is 24.4 Å². The Morgan fingerprint density at radius 1 is 1.21 bits per heavy atom. The molecule has 2 aliphatic rings. The van der Waals surface area contributed by atoms with Gasteiger partial charge in [-0.1, -0.05) is 34.1 Å². The molecule has 0 amide bonds. The number of cyclic esters (lactones) is 1. The fourth-order valence-electron chi connectivity index (χ4n) is 5.16. The molecule has 0 aromatic carbocycles. The Morgan fingerprint density at radius 2 is 1.92 bits per heavy atom. The number of ketones is 1. The third-order valence-corrected chi connectivity index (χ3v) is 8.66. The molecule has 2 aliphatic heterocycles. The number of rotatable bonds is 2. The molecule has 0 radical (unpaired) electrons. The zero-order chi connectivity index (χ0) is 28.2. The molecular formula is C28H42N2O7S. The van der Waals surface area contributed by atoms with E-state index in [-0.39, 0.29) is 36.4 Å². The Kier molecular flexibility index (Phi) is 10.1. The second-order valence-electron chi connectivity index (χ2n) is 11.2. The van der Waals surface area contributed by atoms with E-state index in [0.29, 0.717) is 19.3 Å². The molecular weight excluding hydrogens is 508 g/mol. The van der Waals surface area contributed by atoms with Gasteiger partial charge in [0.1, 0.15) is 18.0 Å². The van der Waals surface area contributed by atoms with Crippen LogP contribution in [0.25, 0.3) is 6.08 Å². The minimum atomic E-state index is -1.27. The number of aryl methyl sites for hydroxylation is 1. The Bertz CT molecular complexity index is 1050. The summed E-state index contributed by atoms with van der Waals surface area (Å²) in [7, 11) is 1.50. The zero-order valence-electron chi connectivity index (χ0n) is 23.5. The maximum Gasteiger partial charge on any atom is 0.383 e. The summed E-state index contributed by atoms with van der Waals surface area (Å²) in [5.41, 5.74) is 0.322. The van der Waals surface area contributed by atoms with Crippen molar-refractivity contribution < 1.29 is 34.0 Å². The van der Waals surface area contributed by atoms with Crippen LogP contribution in [-0.2, 0) is 23.8 Å². The molecule has 7 atom stereocenters. The average molecular weight is 551 g/mol. The quantitative estimate of drug-likeness (QED) is 0.527. The molecule has 0 saturated carbocycles. The number of carbonyl (C=O) groups excluding carboxylic acids is 2. The Balaban J connectivity index is 1.92. The first-order valence-electron chi connectivity index (χ1n) is 13.3. The minimum Gasteiger partial charge on any atom is -0.458 e. The summed E-state index contributed by atoms with van der Waals surface area (Å²) in [6.45, 7) is 10.6. The zero-order valence-corrected chi connectivity index (χ0v) is 24.3. The van der Waals surface area contributed by atoms with Gasteiger partial charge in [0, 0.05) is 17.7 Å². The maximum absolute atomic E-state index is 13.3. The summed E-state index contributed by atoms with van der Waals surface area (Å²) in [5.74, 6) is -1.74. The lowest BCUT2D eigenvalue weighted by Gasteiger charge is -2.34. The number of esters is 1. The molecule has 1 unspecified atom stereocenters. The summed E-state index contributed by atoms with van der Waals surface area (Å²) < 4.78 is 17.2. The van der Waals surface area contributed by atoms with Crippen molar-refractivity contribution >= 4 is 35.2 Å². The predicted molar refractivity (Wildman–Crippen MR) is 146 cm³/mol. The van der Waals surface area contributed by atoms with E-state index in [1.807, 2.05) is 32.2 Å². The Labute approximate surface area is 229 Å². The molecule has 0 spiro atoms. The van der Waals surface area contributed by atoms with Gasteiger partial charge in [0.15, 0.2) is 0 Å². The van der Waals surface area contributed by atoms with E-state index in [4.69, 9.17) is 14.2 Å². The third kappa shape index (κ3) is 7.21. The molecule has 3 rings (SSSR count). The topological polar surface area (TPSA) is 128 Å². The number of aromatic nitrogens is 1. The van der Waals surface area contributed by atoms with Gasteiger partial charge in [-0.25, -0.2) is 9.98 Å². The van der Waals surface area contributed by atoms with Crippen LogP contribution in [0.4, 0.5) is 0 Å². The van der Waals surface area contributed by atoms with E-state index >= 15 is 0 Å². The molecule has 38 heavy (non-hydrogen) atoms. The normalized spacial score (nSPS) is 33.7. The number of methoxy groups -OCH3 is 1. The average Bonchev–Trinajstić information content (AvgIpc) is 3.46. The van der Waals surface area contributed by atoms with Gasteiger partial charge in [0.05, 0.1) is 47.9 Å². The highest BCUT2D eigenvalue weighted by Gasteiger charge is 2.43. The van der Waals surface area contributed by atoms with Gasteiger partial charge in [-0.05, 0) is 44.3 Å². The van der Waals surface area contributed by atoms with Crippen LogP contribution in [0.1, 0.15) is 77.4 Å². The van der Waals surface area contributed by atoms with Crippen molar-refractivity contribution in [1.29, 1.82) is 0 Å². The number of aliphatic imine (C=N–C) groups is 1. The Hall–Kier alpha value is -2.30. The van der Waals surface area contributed by atoms with Gasteiger partial charge in [-0.3, -0.25) is 9.59 Å². The third-order valence-electron chi connectivity index (χ3n) is 7.86. The number of hydrogen-bond acceptors (Lipinski definition) is 10. The molecule has 10 heteroatoms. The molecule has 3 heterocycles. The van der Waals surface area contributed by atoms with E-state index in [1.165, 1.54) is 18.4 Å². The lowest BCUT2D eigenvalue weighted by Crippen LogP contribution is -2.46. The van der Waals surface area contributed by atoms with E-state index in [2.05, 4.69) is 9.98 Å². The van der Waals surface area contributed by atoms with Crippen molar-refractivity contribution in [2.24, 2.45) is 22.2 Å². The molecule has 212 valence electrons. The fourth-order valence-corrected chi connectivity index (χ4v) is 5.73. The lowest BCUT2D eigenvalue weighted by atomic mass is 9.73. The van der Waals surface area contributed by atoms with Gasteiger partial charge in [-0.15, -0.1) is 11.3 Å². The van der Waals surface area contributed by atoms with Crippen LogP contribution < -0.4 is 0 Å². The molecule has 1 fully saturated rings. The Morgan fingerprint density at radius 3 is 2.55 bits per heavy atom. The molecule has 1 aromatic heterocycles. The first-order chi connectivity index (χ1) is 17.8. The molecule has 0 aliphatic carbocycles. The van der Waals surface area contributed by atoms with E-state index in [9.17, 15) is 19.8 Å². The van der Waals surface area contributed by atoms with Crippen LogP contribution in [0.15, 0.2) is 15.9 Å². The van der Waals surface area contributed by atoms with Crippen molar-refractivity contribution in [2.45, 2.75) is 104 Å². The van der Waals surface area contributed by atoms with Gasteiger partial charge in [0.2, 0.25) is 0 Å². The number of hydrogen-bond donors (Lipinski definition) is 2. The molecule has 1 saturated heterocycles. The van der Waals surface area contributed by atoms with Crippen LogP contribution >= 0.6 is 11.3 Å². The van der Waals surface area contributed by atoms with E-state index < -0.39 is 35.6 Å². The van der Waals surface area contributed by atoms with Crippen LogP contribution in [0.5, 0.6) is 0 Å². The largest absolute Gasteiger partial charge is 0.458 e. The number of aliphatic hydroxyl groups excluding tert-OH is 2. The van der Waals surface area contributed by atoms with Gasteiger partial charge in [0.25, 0.3) is 0 Å². The maximum atomic E-state index is 13.3. The van der Waals surface area contributed by atoms with Crippen LogP contribution in [0.2, 0.25) is 0 Å². The van der Waals surface area contributed by atoms with Crippen LogP contribution in [-0.4, -0.2) is 70.6 Å². The second kappa shape index (κ2) is 12.7. The highest BCUT2D eigenvalue weighted by molar-refractivity contribution is 7.09. The summed E-state index contributed by atoms with van der Waals surface area (Å²) in [6, 6.07) is -0.207. The van der Waals surface area contributed by atoms with Gasteiger partial charge in [-0.2, -0.15) is 0 Å². The monoisotopic (exact) mass is 550 g/mol. The molecule has 9 nitrogen and oxygen atoms in total. The predicted octanol–water partition coefficient (Wildman–Crippen LogP) is 4.09. The van der Waals surface area contributed by atoms with Gasteiger partial charge >= 0.3 is 12.1 Å². The standard InChI is InChI=1S/C28H42N2O7S/c1-15-9-8-10-20-22(37-27(30-20)35-7)12-21(16(2)11-19-14-38-18(4)29-19)36-24(32)13-23(31)28(5,6)26(34)17(3)25(15)33/h11,14-15,17,20-23,25,31,33H,8-10,12-13H2,1-7H3/b16-11+/t15-,17+,20?,21-,22-,23-,25-/m0/s1. The first kappa shape index (κ1) is 30.2. The number of thiazole rings is 1. The lowest BCUT2D eigenvalue weighted by molar-refractivity contribution is -0.155. The van der Waals surface area contributed by atoms with Crippen molar-refractivity contribution in [3.8, 4) is 0 Å². The second-order valence-corrected chi connectivity index (χ2v) is 12.3. The number of carbonyl (C=O) groups is 2. The fraction of sp³-hybridized carbons (Fsp3) is 0.714. The molecule has 1 aromatic rings. The van der Waals surface area contributed by atoms with Crippen LogP contribution in [0.3, 0.4) is 0 Å². The van der Waals surface area contributed by atoms with Crippen molar-refractivity contribution in [3.63, 3.8) is 0 Å². The summed E-state index contributed by atoms with van der Waals surface area (Å²) >= 11 is 1.53. The van der Waals surface area contributed by atoms with Crippen LogP contribution in [0, 0.1) is 24.2 Å². The summed E-state index contributed by atoms with van der Waals surface area (Å²) in [4.78, 5) is 35.4. The van der Waals surface area contributed by atoms with E-state index in [1.54, 1.807) is 20.8 Å². The summed E-state index contributed by atoms with van der Waals surface area (Å²) in [5, 5.41) is 24.7.